The van der Waals surface area contributed by atoms with Crippen molar-refractivity contribution >= 4 is 21.4 Å². The summed E-state index contributed by atoms with van der Waals surface area (Å²) in [5, 5.41) is 5.06. The fraction of sp³-hybridized carbons (Fsp3) is 0.538. The number of thiophene rings is 1. The van der Waals surface area contributed by atoms with E-state index in [9.17, 15) is 8.42 Å². The number of primary sulfonamides is 1. The van der Waals surface area contributed by atoms with Gasteiger partial charge >= 0.3 is 0 Å². The van der Waals surface area contributed by atoms with E-state index < -0.39 is 10.0 Å². The first-order chi connectivity index (χ1) is 9.97. The van der Waals surface area contributed by atoms with Crippen molar-refractivity contribution in [2.75, 3.05) is 47.1 Å². The van der Waals surface area contributed by atoms with Gasteiger partial charge in [-0.05, 0) is 12.1 Å². The molecule has 0 saturated carbocycles. The molecular formula is C13H20N2O4S2. The van der Waals surface area contributed by atoms with Gasteiger partial charge in [0.2, 0.25) is 10.0 Å². The minimum atomic E-state index is -3.64. The average Bonchev–Trinajstić information content (AvgIpc) is 2.90. The van der Waals surface area contributed by atoms with E-state index in [1.54, 1.807) is 20.3 Å². The largest absolute Gasteiger partial charge is 0.383 e. The quantitative estimate of drug-likeness (QED) is 0.694. The summed E-state index contributed by atoms with van der Waals surface area (Å²) in [6.45, 7) is 3.35. The van der Waals surface area contributed by atoms with Gasteiger partial charge in [-0.3, -0.25) is 4.90 Å². The Hall–Kier alpha value is -0.950. The number of hydrogen-bond donors (Lipinski definition) is 1. The molecule has 1 rings (SSSR count). The van der Waals surface area contributed by atoms with Crippen LogP contribution in [-0.4, -0.2) is 60.4 Å². The van der Waals surface area contributed by atoms with Crippen molar-refractivity contribution in [3.8, 4) is 11.8 Å². The summed E-state index contributed by atoms with van der Waals surface area (Å²) < 4.78 is 32.6. The summed E-state index contributed by atoms with van der Waals surface area (Å²) in [4.78, 5) is 2.78. The standard InChI is InChI=1S/C13H20N2O4S2/c1-18-10-8-15(9-11-19-2)7-3-4-12-5-6-13(20-12)21(14,16)17/h5-6H,7-11H2,1-2H3,(H2,14,16,17). The van der Waals surface area contributed by atoms with E-state index in [-0.39, 0.29) is 4.21 Å². The molecule has 0 saturated heterocycles. The van der Waals surface area contributed by atoms with Crippen LogP contribution in [0, 0.1) is 11.8 Å². The van der Waals surface area contributed by atoms with Crippen LogP contribution in [0.3, 0.4) is 0 Å². The van der Waals surface area contributed by atoms with Gasteiger partial charge in [-0.15, -0.1) is 11.3 Å². The van der Waals surface area contributed by atoms with E-state index >= 15 is 0 Å². The summed E-state index contributed by atoms with van der Waals surface area (Å²) in [6.07, 6.45) is 0. The van der Waals surface area contributed by atoms with Crippen LogP contribution in [0.5, 0.6) is 0 Å². The van der Waals surface area contributed by atoms with Gasteiger partial charge in [0, 0.05) is 27.3 Å². The highest BCUT2D eigenvalue weighted by Gasteiger charge is 2.10. The predicted molar refractivity (Wildman–Crippen MR) is 82.8 cm³/mol. The minimum Gasteiger partial charge on any atom is -0.383 e. The van der Waals surface area contributed by atoms with E-state index in [0.717, 1.165) is 24.4 Å². The third-order valence-electron chi connectivity index (χ3n) is 2.60. The van der Waals surface area contributed by atoms with E-state index in [4.69, 9.17) is 14.6 Å². The number of nitrogens with zero attached hydrogens (tertiary/aromatic N) is 1. The molecule has 0 fully saturated rings. The molecule has 0 aliphatic rings. The smallest absolute Gasteiger partial charge is 0.247 e. The van der Waals surface area contributed by atoms with Crippen LogP contribution in [0.25, 0.3) is 0 Å². The van der Waals surface area contributed by atoms with Gasteiger partial charge < -0.3 is 9.47 Å². The highest BCUT2D eigenvalue weighted by molar-refractivity contribution is 7.91. The van der Waals surface area contributed by atoms with Crippen molar-refractivity contribution < 1.29 is 17.9 Å². The molecule has 6 nitrogen and oxygen atoms in total. The molecular weight excluding hydrogens is 312 g/mol. The van der Waals surface area contributed by atoms with Crippen LogP contribution in [0.4, 0.5) is 0 Å². The Morgan fingerprint density at radius 1 is 1.24 bits per heavy atom. The number of ether oxygens (including phenoxy) is 2. The Labute approximate surface area is 129 Å². The summed E-state index contributed by atoms with van der Waals surface area (Å²) >= 11 is 1.07. The van der Waals surface area contributed by atoms with Gasteiger partial charge in [-0.25, -0.2) is 13.6 Å². The molecule has 1 heterocycles. The first kappa shape index (κ1) is 18.1. The topological polar surface area (TPSA) is 81.9 Å². The lowest BCUT2D eigenvalue weighted by Crippen LogP contribution is -2.31. The summed E-state index contributed by atoms with van der Waals surface area (Å²) in [7, 11) is -0.333. The van der Waals surface area contributed by atoms with Gasteiger partial charge in [0.1, 0.15) is 4.21 Å². The summed E-state index contributed by atoms with van der Waals surface area (Å²) in [6, 6.07) is 3.13. The van der Waals surface area contributed by atoms with Gasteiger partial charge in [-0.1, -0.05) is 11.8 Å². The monoisotopic (exact) mass is 332 g/mol. The zero-order valence-corrected chi connectivity index (χ0v) is 13.8. The first-order valence-electron chi connectivity index (χ1n) is 6.29. The molecule has 0 bridgehead atoms. The summed E-state index contributed by atoms with van der Waals surface area (Å²) in [5.74, 6) is 5.97. The molecule has 0 aliphatic carbocycles. The maximum Gasteiger partial charge on any atom is 0.247 e. The molecule has 0 spiro atoms. The second-order valence-corrected chi connectivity index (χ2v) is 7.10. The third-order valence-corrected chi connectivity index (χ3v) is 5.04. The molecule has 1 aromatic heterocycles. The highest BCUT2D eigenvalue weighted by Crippen LogP contribution is 2.18. The fourth-order valence-electron chi connectivity index (χ4n) is 1.49. The maximum atomic E-state index is 11.2. The Bertz CT molecular complexity index is 579. The Kier molecular flexibility index (Phi) is 7.88. The number of methoxy groups -OCH3 is 2. The lowest BCUT2D eigenvalue weighted by molar-refractivity contribution is 0.122. The van der Waals surface area contributed by atoms with Crippen molar-refractivity contribution in [3.63, 3.8) is 0 Å². The van der Waals surface area contributed by atoms with E-state index in [1.165, 1.54) is 6.07 Å². The van der Waals surface area contributed by atoms with Crippen molar-refractivity contribution in [2.24, 2.45) is 5.14 Å². The van der Waals surface area contributed by atoms with Crippen molar-refractivity contribution in [2.45, 2.75) is 4.21 Å². The SMILES string of the molecule is COCCN(CC#Cc1ccc(S(N)(=O)=O)s1)CCOC. The molecule has 0 unspecified atom stereocenters. The van der Waals surface area contributed by atoms with Gasteiger partial charge in [-0.2, -0.15) is 0 Å². The van der Waals surface area contributed by atoms with Crippen molar-refractivity contribution in [1.29, 1.82) is 0 Å². The van der Waals surface area contributed by atoms with Crippen LogP contribution in [-0.2, 0) is 19.5 Å². The van der Waals surface area contributed by atoms with Crippen LogP contribution in [0.1, 0.15) is 4.88 Å². The number of rotatable bonds is 8. The Morgan fingerprint density at radius 3 is 2.33 bits per heavy atom. The van der Waals surface area contributed by atoms with Crippen molar-refractivity contribution in [3.05, 3.63) is 17.0 Å². The zero-order valence-electron chi connectivity index (χ0n) is 12.2. The molecule has 118 valence electrons. The van der Waals surface area contributed by atoms with Crippen LogP contribution < -0.4 is 5.14 Å². The normalized spacial score (nSPS) is 11.4. The molecule has 0 aromatic carbocycles. The van der Waals surface area contributed by atoms with Gasteiger partial charge in [0.15, 0.2) is 0 Å². The van der Waals surface area contributed by atoms with Crippen LogP contribution in [0.2, 0.25) is 0 Å². The molecule has 2 N–H and O–H groups in total. The molecule has 0 aliphatic heterocycles. The minimum absolute atomic E-state index is 0.127. The first-order valence-corrected chi connectivity index (χ1v) is 8.65. The fourth-order valence-corrected chi connectivity index (χ4v) is 3.09. The Morgan fingerprint density at radius 2 is 1.86 bits per heavy atom. The summed E-state index contributed by atoms with van der Waals surface area (Å²) in [5.41, 5.74) is 0. The maximum absolute atomic E-state index is 11.2. The van der Waals surface area contributed by atoms with Gasteiger partial charge in [0.25, 0.3) is 0 Å². The molecule has 0 atom stereocenters. The predicted octanol–water partition coefficient (Wildman–Crippen LogP) is 0.342. The van der Waals surface area contributed by atoms with Crippen LogP contribution >= 0.6 is 11.3 Å². The highest BCUT2D eigenvalue weighted by atomic mass is 32.2. The van der Waals surface area contributed by atoms with Crippen molar-refractivity contribution in [1.82, 2.24) is 4.90 Å². The average molecular weight is 332 g/mol. The molecule has 0 amide bonds. The number of sulfonamides is 1. The van der Waals surface area contributed by atoms with E-state index in [1.807, 2.05) is 0 Å². The second kappa shape index (κ2) is 9.15. The van der Waals surface area contributed by atoms with E-state index in [2.05, 4.69) is 16.7 Å². The Balaban J connectivity index is 2.60. The molecule has 1 aromatic rings. The molecule has 0 radical (unpaired) electrons. The molecule has 21 heavy (non-hydrogen) atoms. The van der Waals surface area contributed by atoms with Gasteiger partial charge in [0.05, 0.1) is 24.6 Å². The number of nitrogens with two attached hydrogens (primary N) is 1. The lowest BCUT2D eigenvalue weighted by atomic mass is 10.4. The lowest BCUT2D eigenvalue weighted by Gasteiger charge is -2.18. The number of hydrogen-bond acceptors (Lipinski definition) is 6. The van der Waals surface area contributed by atoms with E-state index in [0.29, 0.717) is 24.6 Å². The molecule has 8 heteroatoms. The third kappa shape index (κ3) is 7.04. The zero-order chi connectivity index (χ0) is 15.7. The second-order valence-electron chi connectivity index (χ2n) is 4.23. The van der Waals surface area contributed by atoms with Crippen LogP contribution in [0.15, 0.2) is 16.3 Å².